The van der Waals surface area contributed by atoms with E-state index in [4.69, 9.17) is 23.7 Å². The van der Waals surface area contributed by atoms with Gasteiger partial charge in [-0.05, 0) is 77.0 Å². The molecule has 0 bridgehead atoms. The number of aliphatic hydroxyl groups excluding tert-OH is 2. The van der Waals surface area contributed by atoms with E-state index in [1.807, 2.05) is 6.92 Å². The van der Waals surface area contributed by atoms with E-state index >= 15 is 0 Å². The molecule has 0 aromatic heterocycles. The van der Waals surface area contributed by atoms with Crippen molar-refractivity contribution < 1.29 is 57.9 Å². The molecular weight excluding hydrogens is 746 g/mol. The van der Waals surface area contributed by atoms with Crippen LogP contribution in [-0.2, 0) is 38.1 Å². The predicted octanol–water partition coefficient (Wildman–Crippen LogP) is 5.13. The van der Waals surface area contributed by atoms with Crippen molar-refractivity contribution in [2.75, 3.05) is 20.7 Å². The molecule has 1 saturated heterocycles. The van der Waals surface area contributed by atoms with Crippen LogP contribution in [-0.4, -0.2) is 115 Å². The van der Waals surface area contributed by atoms with Crippen LogP contribution in [0.4, 0.5) is 0 Å². The number of nitrogens with zero attached hydrogens (tertiary/aromatic N) is 1. The Morgan fingerprint density at radius 2 is 1.48 bits per heavy atom. The lowest BCUT2D eigenvalue weighted by Crippen LogP contribution is -2.65. The fourth-order valence-electron chi connectivity index (χ4n) is 7.70. The van der Waals surface area contributed by atoms with Crippen LogP contribution in [0.3, 0.4) is 0 Å². The highest BCUT2D eigenvalue weighted by Crippen LogP contribution is 2.36. The Hall–Kier alpha value is -4.53. The number of likely N-dealkylation sites (N-methyl/N-ethyl adjacent to an activating group) is 1. The number of aliphatic hydroxyl groups is 2. The highest BCUT2D eigenvalue weighted by atomic mass is 16.7. The molecule has 4 rings (SSSR count). The van der Waals surface area contributed by atoms with Gasteiger partial charge in [0, 0.05) is 24.2 Å². The quantitative estimate of drug-likeness (QED) is 0.174. The lowest BCUT2D eigenvalue weighted by Gasteiger charge is -2.48. The third kappa shape index (κ3) is 12.2. The van der Waals surface area contributed by atoms with Gasteiger partial charge in [0.05, 0.1) is 48.5 Å². The summed E-state index contributed by atoms with van der Waals surface area (Å²) in [6, 6.07) is 16.0. The average Bonchev–Trinajstić information content (AvgIpc) is 3.21. The first-order valence-corrected chi connectivity index (χ1v) is 20.0. The molecule has 12 atom stereocenters. The Balaban J connectivity index is 1.78. The van der Waals surface area contributed by atoms with E-state index in [2.05, 4.69) is 0 Å². The molecule has 0 radical (unpaired) electrons. The van der Waals surface area contributed by atoms with Crippen LogP contribution in [0.5, 0.6) is 0 Å². The number of ketones is 1. The van der Waals surface area contributed by atoms with Crippen molar-refractivity contribution >= 4 is 30.0 Å². The SMILES string of the molecule is CC[C@H]1OC(=O)C[C@@H](O)[C@H](C)[C@@H](O[C@@H]2O[C@H](C)[C@@H](OC(=O)c3ccccc3)[C@H](N(C)C)[C@H]2OC(=O)c2ccccc2)[C@@H](CC=O)C[C@@H](C)C(=O)/C=C/C(C)=C/[C@@H]1CO. The molecule has 2 heterocycles. The normalized spacial score (nSPS) is 33.0. The van der Waals surface area contributed by atoms with Gasteiger partial charge in [-0.2, -0.15) is 0 Å². The summed E-state index contributed by atoms with van der Waals surface area (Å²) in [7, 11) is 3.49. The summed E-state index contributed by atoms with van der Waals surface area (Å²) in [6.45, 7) is 8.40. The van der Waals surface area contributed by atoms with E-state index in [1.54, 1.807) is 120 Å². The number of hydrogen-bond acceptors (Lipinski definition) is 13. The van der Waals surface area contributed by atoms with Gasteiger partial charge in [0.25, 0.3) is 0 Å². The summed E-state index contributed by atoms with van der Waals surface area (Å²) in [4.78, 5) is 68.2. The fourth-order valence-corrected chi connectivity index (χ4v) is 7.70. The minimum Gasteiger partial charge on any atom is -0.462 e. The van der Waals surface area contributed by atoms with Crippen LogP contribution in [0.25, 0.3) is 0 Å². The van der Waals surface area contributed by atoms with Crippen molar-refractivity contribution in [3.05, 3.63) is 95.6 Å². The zero-order chi connectivity index (χ0) is 42.5. The summed E-state index contributed by atoms with van der Waals surface area (Å²) in [6.07, 6.45) is -1.91. The van der Waals surface area contributed by atoms with Crippen molar-refractivity contribution in [3.63, 3.8) is 0 Å². The molecular formula is C45H59NO12. The first-order valence-electron chi connectivity index (χ1n) is 20.0. The van der Waals surface area contributed by atoms with Gasteiger partial charge in [0.2, 0.25) is 0 Å². The van der Waals surface area contributed by atoms with Crippen LogP contribution in [0.1, 0.15) is 81.0 Å². The molecule has 2 aromatic carbocycles. The molecule has 0 unspecified atom stereocenters. The zero-order valence-electron chi connectivity index (χ0n) is 34.5. The first-order chi connectivity index (χ1) is 27.7. The summed E-state index contributed by atoms with van der Waals surface area (Å²) in [5.74, 6) is -4.92. The molecule has 1 fully saturated rings. The van der Waals surface area contributed by atoms with Crippen LogP contribution in [0.15, 0.2) is 84.5 Å². The topological polar surface area (TPSA) is 175 Å². The maximum atomic E-state index is 13.8. The van der Waals surface area contributed by atoms with Gasteiger partial charge >= 0.3 is 17.9 Å². The largest absolute Gasteiger partial charge is 0.462 e. The molecule has 0 amide bonds. The van der Waals surface area contributed by atoms with Crippen molar-refractivity contribution in [1.29, 1.82) is 0 Å². The van der Waals surface area contributed by atoms with Crippen molar-refractivity contribution in [2.45, 2.75) is 109 Å². The molecule has 316 valence electrons. The number of benzene rings is 2. The zero-order valence-corrected chi connectivity index (χ0v) is 34.5. The Morgan fingerprint density at radius 1 is 0.897 bits per heavy atom. The van der Waals surface area contributed by atoms with E-state index in [9.17, 15) is 34.2 Å². The van der Waals surface area contributed by atoms with E-state index in [-0.39, 0.29) is 30.8 Å². The van der Waals surface area contributed by atoms with Gasteiger partial charge in [0.15, 0.2) is 18.2 Å². The molecule has 13 nitrogen and oxygen atoms in total. The molecule has 2 N–H and O–H groups in total. The van der Waals surface area contributed by atoms with Crippen molar-refractivity contribution in [1.82, 2.24) is 4.90 Å². The number of carbonyl (C=O) groups excluding carboxylic acids is 5. The Bertz CT molecular complexity index is 1730. The van der Waals surface area contributed by atoms with Gasteiger partial charge in [-0.15, -0.1) is 0 Å². The Morgan fingerprint density at radius 3 is 2.02 bits per heavy atom. The number of allylic oxidation sites excluding steroid dienone is 3. The molecule has 2 aliphatic rings. The fraction of sp³-hybridized carbons (Fsp3) is 0.533. The van der Waals surface area contributed by atoms with Gasteiger partial charge in [-0.1, -0.05) is 74.9 Å². The number of carbonyl (C=O) groups is 5. The predicted molar refractivity (Wildman–Crippen MR) is 214 cm³/mol. The third-order valence-corrected chi connectivity index (χ3v) is 11.0. The van der Waals surface area contributed by atoms with E-state index in [0.717, 1.165) is 0 Å². The number of ether oxygens (including phenoxy) is 5. The third-order valence-electron chi connectivity index (χ3n) is 11.0. The molecule has 0 saturated carbocycles. The first kappa shape index (κ1) is 46.2. The van der Waals surface area contributed by atoms with Crippen LogP contribution < -0.4 is 0 Å². The molecule has 13 heteroatoms. The van der Waals surface area contributed by atoms with Gasteiger partial charge in [0.1, 0.15) is 18.5 Å². The summed E-state index contributed by atoms with van der Waals surface area (Å²) >= 11 is 0. The van der Waals surface area contributed by atoms with E-state index in [0.29, 0.717) is 23.8 Å². The van der Waals surface area contributed by atoms with Gasteiger partial charge < -0.3 is 38.7 Å². The average molecular weight is 806 g/mol. The van der Waals surface area contributed by atoms with Crippen LogP contribution in [0.2, 0.25) is 0 Å². The second-order valence-electron chi connectivity index (χ2n) is 15.6. The van der Waals surface area contributed by atoms with E-state index in [1.165, 1.54) is 6.08 Å². The van der Waals surface area contributed by atoms with Crippen LogP contribution in [0, 0.1) is 23.7 Å². The molecule has 2 aromatic rings. The molecule has 0 aliphatic carbocycles. The minimum atomic E-state index is -1.36. The van der Waals surface area contributed by atoms with Gasteiger partial charge in [-0.25, -0.2) is 9.59 Å². The van der Waals surface area contributed by atoms with Crippen LogP contribution >= 0.6 is 0 Å². The number of cyclic esters (lactones) is 1. The summed E-state index contributed by atoms with van der Waals surface area (Å²) in [5.41, 5.74) is 1.25. The molecule has 0 spiro atoms. The van der Waals surface area contributed by atoms with E-state index < -0.39 is 97.0 Å². The number of esters is 3. The highest BCUT2D eigenvalue weighted by molar-refractivity contribution is 5.92. The van der Waals surface area contributed by atoms with Crippen molar-refractivity contribution in [2.24, 2.45) is 23.7 Å². The Labute approximate surface area is 341 Å². The molecule has 58 heavy (non-hydrogen) atoms. The standard InChI is InChI=1S/C45H59NO12/c1-8-37-34(26-48)23-27(2)19-20-35(49)28(3)24-33(21-22-47)40(29(4)36(50)25-38(51)55-37)58-45-42(57-44(53)32-17-13-10-14-18-32)39(46(6)7)41(30(5)54-45)56-43(52)31-15-11-9-12-16-31/h9-20,22-23,28-30,33-34,36-37,39-42,45,48,50H,8,21,24-26H2,1-7H3/b20-19+,27-23+/t28-,29+,30-,33+,34-,36-,37-,39+,40-,41-,42-,45+/m1/s1. The maximum absolute atomic E-state index is 13.8. The minimum absolute atomic E-state index is 0.0757. The number of hydrogen-bond donors (Lipinski definition) is 2. The maximum Gasteiger partial charge on any atom is 0.338 e. The highest BCUT2D eigenvalue weighted by Gasteiger charge is 2.52. The van der Waals surface area contributed by atoms with Crippen molar-refractivity contribution in [3.8, 4) is 0 Å². The number of aldehydes is 1. The lowest BCUT2D eigenvalue weighted by molar-refractivity contribution is -0.302. The van der Waals surface area contributed by atoms with Gasteiger partial charge in [-0.3, -0.25) is 14.5 Å². The summed E-state index contributed by atoms with van der Waals surface area (Å²) in [5, 5.41) is 21.9. The summed E-state index contributed by atoms with van der Waals surface area (Å²) < 4.78 is 31.4. The smallest absolute Gasteiger partial charge is 0.338 e. The lowest BCUT2D eigenvalue weighted by atomic mass is 9.79. The second-order valence-corrected chi connectivity index (χ2v) is 15.6. The monoisotopic (exact) mass is 805 g/mol. The number of rotatable bonds is 11. The molecule has 2 aliphatic heterocycles. The Kier molecular flexibility index (Phi) is 17.5. The second kappa shape index (κ2) is 22.0.